The van der Waals surface area contributed by atoms with Crippen LogP contribution < -0.4 is 10.1 Å². The Morgan fingerprint density at radius 1 is 1.19 bits per heavy atom. The van der Waals surface area contributed by atoms with Crippen molar-refractivity contribution in [3.05, 3.63) is 71.2 Å². The maximum Gasteiger partial charge on any atom is 0.181 e. The minimum absolute atomic E-state index is 0.646. The fourth-order valence-corrected chi connectivity index (χ4v) is 3.36. The minimum Gasteiger partial charge on any atom is -0.496 e. The quantitative estimate of drug-likeness (QED) is 0.451. The number of pyridine rings is 1. The van der Waals surface area contributed by atoms with E-state index in [2.05, 4.69) is 39.6 Å². The first kappa shape index (κ1) is 17.3. The Hall–Kier alpha value is -3.12. The molecule has 0 atom stereocenters. The molecule has 0 aliphatic heterocycles. The first-order chi connectivity index (χ1) is 13.2. The summed E-state index contributed by atoms with van der Waals surface area (Å²) in [6.07, 6.45) is 4.00. The zero-order valence-electron chi connectivity index (χ0n) is 14.9. The van der Waals surface area contributed by atoms with Crippen molar-refractivity contribution in [1.82, 2.24) is 9.97 Å². The molecule has 0 unspecified atom stereocenters. The van der Waals surface area contributed by atoms with Gasteiger partial charge in [-0.05, 0) is 24.1 Å². The second-order valence-corrected chi connectivity index (χ2v) is 6.61. The molecule has 0 radical (unpaired) electrons. The van der Waals surface area contributed by atoms with Crippen molar-refractivity contribution in [1.29, 1.82) is 0 Å². The second kappa shape index (κ2) is 7.63. The SMILES string of the molecule is COc1cc2[nH]c(NCCc3ccccc3)cc(=S)c2cc1-c1cnco1. The zero-order chi connectivity index (χ0) is 18.6. The van der Waals surface area contributed by atoms with E-state index in [0.717, 1.165) is 39.8 Å². The van der Waals surface area contributed by atoms with Gasteiger partial charge in [-0.15, -0.1) is 0 Å². The number of hydrogen-bond donors (Lipinski definition) is 2. The summed E-state index contributed by atoms with van der Waals surface area (Å²) in [4.78, 5) is 7.38. The number of aromatic amines is 1. The van der Waals surface area contributed by atoms with Gasteiger partial charge in [-0.25, -0.2) is 4.98 Å². The molecule has 0 spiro atoms. The summed E-state index contributed by atoms with van der Waals surface area (Å²) in [7, 11) is 1.64. The van der Waals surface area contributed by atoms with Gasteiger partial charge in [-0.1, -0.05) is 42.5 Å². The lowest BCUT2D eigenvalue weighted by Crippen LogP contribution is -2.06. The van der Waals surface area contributed by atoms with Crippen LogP contribution in [-0.2, 0) is 6.42 Å². The molecule has 0 saturated carbocycles. The number of methoxy groups -OCH3 is 1. The summed E-state index contributed by atoms with van der Waals surface area (Å²) >= 11 is 5.61. The van der Waals surface area contributed by atoms with Crippen molar-refractivity contribution >= 4 is 28.9 Å². The van der Waals surface area contributed by atoms with Crippen LogP contribution in [0.1, 0.15) is 5.56 Å². The van der Waals surface area contributed by atoms with Gasteiger partial charge in [0, 0.05) is 18.0 Å². The predicted octanol–water partition coefficient (Wildman–Crippen LogP) is 5.22. The number of anilines is 1. The monoisotopic (exact) mass is 377 g/mol. The molecule has 2 N–H and O–H groups in total. The molecule has 5 nitrogen and oxygen atoms in total. The number of benzene rings is 2. The average molecular weight is 377 g/mol. The highest BCUT2D eigenvalue weighted by atomic mass is 32.1. The lowest BCUT2D eigenvalue weighted by atomic mass is 10.1. The molecule has 27 heavy (non-hydrogen) atoms. The average Bonchev–Trinajstić information content (AvgIpc) is 3.22. The van der Waals surface area contributed by atoms with Crippen molar-refractivity contribution in [2.75, 3.05) is 19.0 Å². The van der Waals surface area contributed by atoms with Crippen LogP contribution in [0, 0.1) is 4.51 Å². The van der Waals surface area contributed by atoms with Crippen LogP contribution >= 0.6 is 12.2 Å². The topological polar surface area (TPSA) is 63.1 Å². The summed E-state index contributed by atoms with van der Waals surface area (Å²) in [6.45, 7) is 0.814. The molecule has 0 fully saturated rings. The van der Waals surface area contributed by atoms with Crippen LogP contribution in [0.3, 0.4) is 0 Å². The summed E-state index contributed by atoms with van der Waals surface area (Å²) < 4.78 is 11.7. The van der Waals surface area contributed by atoms with Gasteiger partial charge in [-0.2, -0.15) is 0 Å². The standard InChI is InChI=1S/C21H19N3O2S/c1-25-18-10-17-15(9-16(18)19-12-22-13-26-19)20(27)11-21(24-17)23-8-7-14-5-3-2-4-6-14/h2-6,9-13H,7-8H2,1H3,(H2,23,24,27). The smallest absolute Gasteiger partial charge is 0.181 e. The Labute approximate surface area is 162 Å². The Balaban J connectivity index is 1.63. The van der Waals surface area contributed by atoms with E-state index < -0.39 is 0 Å². The van der Waals surface area contributed by atoms with Crippen LogP contribution in [0.2, 0.25) is 0 Å². The highest BCUT2D eigenvalue weighted by molar-refractivity contribution is 7.71. The van der Waals surface area contributed by atoms with Crippen LogP contribution in [0.25, 0.3) is 22.2 Å². The predicted molar refractivity (Wildman–Crippen MR) is 110 cm³/mol. The first-order valence-corrected chi connectivity index (χ1v) is 9.07. The Bertz CT molecular complexity index is 1110. The number of nitrogens with one attached hydrogen (secondary N) is 2. The Morgan fingerprint density at radius 2 is 2.04 bits per heavy atom. The van der Waals surface area contributed by atoms with E-state index in [1.165, 1.54) is 12.0 Å². The molecule has 0 amide bonds. The third-order valence-corrected chi connectivity index (χ3v) is 4.76. The van der Waals surface area contributed by atoms with Gasteiger partial charge in [0.1, 0.15) is 11.6 Å². The van der Waals surface area contributed by atoms with Crippen molar-refractivity contribution in [3.63, 3.8) is 0 Å². The minimum atomic E-state index is 0.646. The maximum atomic E-state index is 5.61. The Morgan fingerprint density at radius 3 is 2.78 bits per heavy atom. The number of nitrogens with zero attached hydrogens (tertiary/aromatic N) is 1. The summed E-state index contributed by atoms with van der Waals surface area (Å²) in [6, 6.07) is 16.2. The van der Waals surface area contributed by atoms with Gasteiger partial charge in [-0.3, -0.25) is 0 Å². The molecule has 0 aliphatic rings. The van der Waals surface area contributed by atoms with Gasteiger partial charge >= 0.3 is 0 Å². The fourth-order valence-electron chi connectivity index (χ4n) is 3.07. The fraction of sp³-hybridized carbons (Fsp3) is 0.143. The van der Waals surface area contributed by atoms with E-state index in [0.29, 0.717) is 11.5 Å². The van der Waals surface area contributed by atoms with E-state index in [4.69, 9.17) is 21.4 Å². The summed E-state index contributed by atoms with van der Waals surface area (Å²) in [5.74, 6) is 2.23. The molecular weight excluding hydrogens is 358 g/mol. The lowest BCUT2D eigenvalue weighted by Gasteiger charge is -2.12. The van der Waals surface area contributed by atoms with Crippen molar-refractivity contribution in [2.24, 2.45) is 0 Å². The molecule has 6 heteroatoms. The second-order valence-electron chi connectivity index (χ2n) is 6.17. The van der Waals surface area contributed by atoms with E-state index in [9.17, 15) is 0 Å². The highest BCUT2D eigenvalue weighted by Crippen LogP contribution is 2.34. The van der Waals surface area contributed by atoms with Crippen molar-refractivity contribution < 1.29 is 9.15 Å². The van der Waals surface area contributed by atoms with Crippen LogP contribution in [-0.4, -0.2) is 23.6 Å². The molecule has 0 aliphatic carbocycles. The number of hydrogen-bond acceptors (Lipinski definition) is 5. The largest absolute Gasteiger partial charge is 0.496 e. The highest BCUT2D eigenvalue weighted by Gasteiger charge is 2.12. The first-order valence-electron chi connectivity index (χ1n) is 8.66. The van der Waals surface area contributed by atoms with Crippen LogP contribution in [0.15, 0.2) is 65.5 Å². The molecule has 136 valence electrons. The van der Waals surface area contributed by atoms with Gasteiger partial charge in [0.2, 0.25) is 0 Å². The van der Waals surface area contributed by atoms with E-state index in [-0.39, 0.29) is 0 Å². The normalized spacial score (nSPS) is 10.9. The molecule has 0 saturated heterocycles. The zero-order valence-corrected chi connectivity index (χ0v) is 15.7. The van der Waals surface area contributed by atoms with Crippen LogP contribution in [0.5, 0.6) is 5.75 Å². The third-order valence-electron chi connectivity index (χ3n) is 4.42. The van der Waals surface area contributed by atoms with E-state index in [1.807, 2.05) is 24.3 Å². The molecule has 2 heterocycles. The van der Waals surface area contributed by atoms with Crippen molar-refractivity contribution in [2.45, 2.75) is 6.42 Å². The number of rotatable bonds is 6. The number of aromatic nitrogens is 2. The Kier molecular flexibility index (Phi) is 4.89. The molecule has 2 aromatic carbocycles. The molecule has 0 bridgehead atoms. The van der Waals surface area contributed by atoms with Crippen LogP contribution in [0.4, 0.5) is 5.82 Å². The number of H-pyrrole nitrogens is 1. The lowest BCUT2D eigenvalue weighted by molar-refractivity contribution is 0.415. The van der Waals surface area contributed by atoms with Gasteiger partial charge in [0.25, 0.3) is 0 Å². The van der Waals surface area contributed by atoms with Gasteiger partial charge in [0.15, 0.2) is 12.2 Å². The molecular formula is C21H19N3O2S. The molecule has 4 rings (SSSR count). The van der Waals surface area contributed by atoms with Gasteiger partial charge in [0.05, 0.1) is 28.9 Å². The third kappa shape index (κ3) is 3.71. The van der Waals surface area contributed by atoms with Gasteiger partial charge < -0.3 is 19.5 Å². The van der Waals surface area contributed by atoms with E-state index in [1.54, 1.807) is 13.3 Å². The number of fused-ring (bicyclic) bond motifs is 1. The maximum absolute atomic E-state index is 5.61. The summed E-state index contributed by atoms with van der Waals surface area (Å²) in [5, 5.41) is 4.35. The van der Waals surface area contributed by atoms with Crippen molar-refractivity contribution in [3.8, 4) is 17.1 Å². The summed E-state index contributed by atoms with van der Waals surface area (Å²) in [5.41, 5.74) is 3.03. The molecule has 2 aromatic heterocycles. The molecule has 4 aromatic rings. The number of oxazole rings is 1. The number of ether oxygens (including phenoxy) is 1. The van der Waals surface area contributed by atoms with E-state index >= 15 is 0 Å².